The molecule has 0 spiro atoms. The molecular formula is C21H16F6N2O5. The molecule has 1 atom stereocenters. The van der Waals surface area contributed by atoms with Crippen LogP contribution in [0.15, 0.2) is 47.3 Å². The van der Waals surface area contributed by atoms with Gasteiger partial charge in [-0.1, -0.05) is 12.1 Å². The maximum Gasteiger partial charge on any atom is 0.573 e. The highest BCUT2D eigenvalue weighted by Gasteiger charge is 2.34. The number of hydrogen-bond acceptors (Lipinski definition) is 5. The molecule has 0 aliphatic rings. The number of aromatic hydroxyl groups is 1. The van der Waals surface area contributed by atoms with E-state index in [2.05, 4.69) is 15.0 Å². The van der Waals surface area contributed by atoms with E-state index in [1.54, 1.807) is 0 Å². The molecule has 0 bridgehead atoms. The number of fused-ring (bicyclic) bond motifs is 1. The summed E-state index contributed by atoms with van der Waals surface area (Å²) in [6.45, 7) is 0.946. The highest BCUT2D eigenvalue weighted by molar-refractivity contribution is 6.08. The van der Waals surface area contributed by atoms with Crippen molar-refractivity contribution in [3.8, 4) is 17.2 Å². The summed E-state index contributed by atoms with van der Waals surface area (Å²) in [7, 11) is 0. The van der Waals surface area contributed by atoms with Gasteiger partial charge in [-0.3, -0.25) is 9.59 Å². The van der Waals surface area contributed by atoms with E-state index >= 15 is 0 Å². The van der Waals surface area contributed by atoms with E-state index in [4.69, 9.17) is 4.74 Å². The van der Waals surface area contributed by atoms with Crippen molar-refractivity contribution >= 4 is 16.8 Å². The van der Waals surface area contributed by atoms with Crippen LogP contribution in [-0.2, 0) is 6.18 Å². The Morgan fingerprint density at radius 2 is 1.79 bits per heavy atom. The molecule has 34 heavy (non-hydrogen) atoms. The fraction of sp³-hybridized carbons (Fsp3) is 0.238. The van der Waals surface area contributed by atoms with Gasteiger partial charge in [0.2, 0.25) is 0 Å². The minimum absolute atomic E-state index is 0.0644. The third-order valence-electron chi connectivity index (χ3n) is 4.48. The normalized spacial score (nSPS) is 12.9. The van der Waals surface area contributed by atoms with E-state index in [-0.39, 0.29) is 10.9 Å². The first-order valence-electron chi connectivity index (χ1n) is 9.51. The van der Waals surface area contributed by atoms with Crippen molar-refractivity contribution in [1.29, 1.82) is 0 Å². The van der Waals surface area contributed by atoms with Gasteiger partial charge >= 0.3 is 12.5 Å². The predicted molar refractivity (Wildman–Crippen MR) is 107 cm³/mol. The molecule has 0 aliphatic heterocycles. The third-order valence-corrected chi connectivity index (χ3v) is 4.48. The number of nitrogens with one attached hydrogen (secondary N) is 2. The van der Waals surface area contributed by atoms with Crippen LogP contribution >= 0.6 is 0 Å². The predicted octanol–water partition coefficient (Wildman–Crippen LogP) is 4.35. The number of carbonyl (C=O) groups is 1. The van der Waals surface area contributed by atoms with Crippen LogP contribution in [0.5, 0.6) is 17.2 Å². The van der Waals surface area contributed by atoms with Crippen LogP contribution < -0.4 is 20.3 Å². The molecule has 3 N–H and O–H groups in total. The maximum atomic E-state index is 13.1. The highest BCUT2D eigenvalue weighted by Crippen LogP contribution is 2.36. The van der Waals surface area contributed by atoms with Gasteiger partial charge in [0.15, 0.2) is 5.75 Å². The molecule has 1 heterocycles. The molecule has 0 saturated carbocycles. The summed E-state index contributed by atoms with van der Waals surface area (Å²) < 4.78 is 85.9. The number of para-hydroxylation sites is 1. The summed E-state index contributed by atoms with van der Waals surface area (Å²) in [6, 6.07) is 6.24. The van der Waals surface area contributed by atoms with Gasteiger partial charge in [0, 0.05) is 10.9 Å². The van der Waals surface area contributed by atoms with E-state index in [1.165, 1.54) is 19.1 Å². The van der Waals surface area contributed by atoms with Crippen LogP contribution in [0.1, 0.15) is 22.8 Å². The number of aromatic amines is 1. The Kier molecular flexibility index (Phi) is 6.66. The zero-order chi connectivity index (χ0) is 25.3. The third kappa shape index (κ3) is 5.71. The first-order valence-corrected chi connectivity index (χ1v) is 9.51. The van der Waals surface area contributed by atoms with Crippen molar-refractivity contribution in [3.63, 3.8) is 0 Å². The zero-order valence-corrected chi connectivity index (χ0v) is 17.2. The van der Waals surface area contributed by atoms with Crippen LogP contribution in [0.4, 0.5) is 26.3 Å². The number of halogens is 6. The van der Waals surface area contributed by atoms with E-state index in [9.17, 15) is 41.0 Å². The summed E-state index contributed by atoms with van der Waals surface area (Å²) in [5.41, 5.74) is -2.81. The number of pyridine rings is 1. The summed E-state index contributed by atoms with van der Waals surface area (Å²) in [5, 5.41) is 12.2. The summed E-state index contributed by atoms with van der Waals surface area (Å²) in [6.07, 6.45) is -9.70. The Balaban J connectivity index is 1.84. The molecule has 2 aromatic carbocycles. The quantitative estimate of drug-likeness (QED) is 0.447. The molecule has 0 radical (unpaired) electrons. The summed E-state index contributed by atoms with van der Waals surface area (Å²) in [5.74, 6) is -3.32. The van der Waals surface area contributed by atoms with Gasteiger partial charge in [-0.15, -0.1) is 13.2 Å². The number of ether oxygens (including phenoxy) is 2. The number of amides is 1. The summed E-state index contributed by atoms with van der Waals surface area (Å²) in [4.78, 5) is 26.9. The van der Waals surface area contributed by atoms with Crippen molar-refractivity contribution in [1.82, 2.24) is 10.3 Å². The number of aromatic nitrogens is 1. The molecule has 1 amide bonds. The van der Waals surface area contributed by atoms with Gasteiger partial charge in [-0.05, 0) is 37.3 Å². The molecule has 1 unspecified atom stereocenters. The monoisotopic (exact) mass is 490 g/mol. The molecule has 3 rings (SSSR count). The Morgan fingerprint density at radius 1 is 1.12 bits per heavy atom. The van der Waals surface area contributed by atoms with E-state index in [0.29, 0.717) is 0 Å². The molecule has 0 saturated heterocycles. The molecule has 1 aromatic heterocycles. The number of alkyl halides is 6. The van der Waals surface area contributed by atoms with E-state index in [1.807, 2.05) is 0 Å². The topological polar surface area (TPSA) is 101 Å². The number of carbonyl (C=O) groups excluding carboxylic acids is 1. The second-order valence-electron chi connectivity index (χ2n) is 7.11. The van der Waals surface area contributed by atoms with Crippen LogP contribution in [0.3, 0.4) is 0 Å². The molecular weight excluding hydrogens is 474 g/mol. The molecule has 3 aromatic rings. The minimum atomic E-state index is -5.03. The van der Waals surface area contributed by atoms with Gasteiger partial charge in [0.25, 0.3) is 11.5 Å². The SMILES string of the molecule is CC(COc1ccccc1C(F)(F)F)NC(=O)c1c(O)c(=O)[nH]c2ccc(OC(F)(F)F)cc12. The molecule has 0 fully saturated rings. The molecule has 7 nitrogen and oxygen atoms in total. The smallest absolute Gasteiger partial charge is 0.502 e. The lowest BCUT2D eigenvalue weighted by atomic mass is 10.1. The van der Waals surface area contributed by atoms with Crippen molar-refractivity contribution in [2.45, 2.75) is 25.5 Å². The molecule has 0 aliphatic carbocycles. The number of rotatable bonds is 6. The summed E-state index contributed by atoms with van der Waals surface area (Å²) >= 11 is 0. The minimum Gasteiger partial charge on any atom is -0.502 e. The van der Waals surface area contributed by atoms with Gasteiger partial charge < -0.3 is 24.9 Å². The van der Waals surface area contributed by atoms with Gasteiger partial charge in [0.1, 0.15) is 18.1 Å². The lowest BCUT2D eigenvalue weighted by Crippen LogP contribution is -2.37. The average molecular weight is 490 g/mol. The van der Waals surface area contributed by atoms with Crippen LogP contribution in [0.2, 0.25) is 0 Å². The van der Waals surface area contributed by atoms with E-state index < -0.39 is 65.0 Å². The van der Waals surface area contributed by atoms with Gasteiger partial charge in [-0.25, -0.2) is 0 Å². The Bertz CT molecular complexity index is 1270. The fourth-order valence-corrected chi connectivity index (χ4v) is 3.07. The van der Waals surface area contributed by atoms with Crippen LogP contribution in [-0.4, -0.2) is 35.0 Å². The largest absolute Gasteiger partial charge is 0.573 e. The Labute approximate surface area is 186 Å². The van der Waals surface area contributed by atoms with Crippen LogP contribution in [0.25, 0.3) is 10.9 Å². The molecule has 182 valence electrons. The first-order chi connectivity index (χ1) is 15.8. The highest BCUT2D eigenvalue weighted by atomic mass is 19.4. The first kappa shape index (κ1) is 24.7. The number of H-pyrrole nitrogens is 1. The number of benzene rings is 2. The number of hydrogen-bond donors (Lipinski definition) is 3. The fourth-order valence-electron chi connectivity index (χ4n) is 3.07. The van der Waals surface area contributed by atoms with Crippen molar-refractivity contribution < 1.29 is 45.7 Å². The van der Waals surface area contributed by atoms with Crippen LogP contribution in [0, 0.1) is 0 Å². The van der Waals surface area contributed by atoms with Crippen molar-refractivity contribution in [2.24, 2.45) is 0 Å². The second-order valence-corrected chi connectivity index (χ2v) is 7.11. The van der Waals surface area contributed by atoms with E-state index in [0.717, 1.165) is 30.3 Å². The maximum absolute atomic E-state index is 13.1. The second kappa shape index (κ2) is 9.15. The lowest BCUT2D eigenvalue weighted by Gasteiger charge is -2.18. The molecule has 13 heteroatoms. The van der Waals surface area contributed by atoms with Crippen molar-refractivity contribution in [3.05, 3.63) is 63.9 Å². The lowest BCUT2D eigenvalue weighted by molar-refractivity contribution is -0.274. The van der Waals surface area contributed by atoms with Gasteiger partial charge in [0.05, 0.1) is 17.2 Å². The standard InChI is InChI=1S/C21H16F6N2O5/c1-10(9-33-15-5-3-2-4-13(15)20(22,23)24)28-18(31)16-12-8-11(34-21(25,26)27)6-7-14(12)29-19(32)17(16)30/h2-8,10,30H,9H2,1H3,(H,28,31)(H,29,32). The Morgan fingerprint density at radius 3 is 2.44 bits per heavy atom. The van der Waals surface area contributed by atoms with Crippen molar-refractivity contribution in [2.75, 3.05) is 6.61 Å². The average Bonchev–Trinajstić information content (AvgIpc) is 2.72. The zero-order valence-electron chi connectivity index (χ0n) is 17.2. The Hall–Kier alpha value is -3.90. The van der Waals surface area contributed by atoms with Gasteiger partial charge in [-0.2, -0.15) is 13.2 Å².